The fourth-order valence-electron chi connectivity index (χ4n) is 3.12. The standard InChI is InChI=1S/C20H26N4O4S2/c1-13-22-12-17(29-13)10-20(25)23-15-7-6-14(11-21)19(8-15)24-30(26,27)18-5-3-4-16(9-18)28-2/h3-9,13,17,22,24H,10-12,21H2,1-2H3,(H,23,25). The normalized spacial score (nSPS) is 18.8. The summed E-state index contributed by atoms with van der Waals surface area (Å²) in [5.41, 5.74) is 7.22. The fourth-order valence-corrected chi connectivity index (χ4v) is 5.46. The highest BCUT2D eigenvalue weighted by Gasteiger charge is 2.24. The number of benzene rings is 2. The summed E-state index contributed by atoms with van der Waals surface area (Å²) in [6.45, 7) is 3.00. The number of thioether (sulfide) groups is 1. The van der Waals surface area contributed by atoms with Crippen LogP contribution in [0.1, 0.15) is 18.9 Å². The Morgan fingerprint density at radius 2 is 2.10 bits per heavy atom. The molecule has 0 bridgehead atoms. The van der Waals surface area contributed by atoms with Gasteiger partial charge in [-0.15, -0.1) is 11.8 Å². The molecule has 10 heteroatoms. The Balaban J connectivity index is 1.76. The third-order valence-electron chi connectivity index (χ3n) is 4.65. The Labute approximate surface area is 181 Å². The van der Waals surface area contributed by atoms with E-state index in [9.17, 15) is 13.2 Å². The minimum Gasteiger partial charge on any atom is -0.497 e. The van der Waals surface area contributed by atoms with E-state index in [-0.39, 0.29) is 22.6 Å². The molecule has 1 aliphatic rings. The molecule has 2 aromatic carbocycles. The zero-order valence-corrected chi connectivity index (χ0v) is 18.5. The topological polar surface area (TPSA) is 123 Å². The van der Waals surface area contributed by atoms with Gasteiger partial charge in [0.05, 0.1) is 23.1 Å². The minimum atomic E-state index is -3.86. The van der Waals surface area contributed by atoms with E-state index < -0.39 is 10.0 Å². The maximum absolute atomic E-state index is 12.8. The molecule has 3 rings (SSSR count). The van der Waals surface area contributed by atoms with Gasteiger partial charge in [-0.3, -0.25) is 9.52 Å². The average molecular weight is 451 g/mol. The van der Waals surface area contributed by atoms with Crippen LogP contribution in [0.4, 0.5) is 11.4 Å². The Bertz CT molecular complexity index is 1010. The summed E-state index contributed by atoms with van der Waals surface area (Å²) in [7, 11) is -2.39. The van der Waals surface area contributed by atoms with Gasteiger partial charge < -0.3 is 21.1 Å². The van der Waals surface area contributed by atoms with Gasteiger partial charge in [-0.2, -0.15) is 0 Å². The maximum Gasteiger partial charge on any atom is 0.262 e. The molecule has 0 aromatic heterocycles. The molecule has 2 unspecified atom stereocenters. The van der Waals surface area contributed by atoms with Crippen molar-refractivity contribution in [3.63, 3.8) is 0 Å². The Morgan fingerprint density at radius 3 is 2.77 bits per heavy atom. The monoisotopic (exact) mass is 450 g/mol. The van der Waals surface area contributed by atoms with Crippen molar-refractivity contribution in [2.24, 2.45) is 5.73 Å². The first-order chi connectivity index (χ1) is 14.3. The molecular formula is C20H26N4O4S2. The number of nitrogens with one attached hydrogen (secondary N) is 3. The number of amides is 1. The molecule has 2 aromatic rings. The van der Waals surface area contributed by atoms with Crippen LogP contribution in [0.2, 0.25) is 0 Å². The number of hydrogen-bond donors (Lipinski definition) is 4. The van der Waals surface area contributed by atoms with Gasteiger partial charge in [-0.25, -0.2) is 8.42 Å². The lowest BCUT2D eigenvalue weighted by Crippen LogP contribution is -2.22. The molecule has 8 nitrogen and oxygen atoms in total. The van der Waals surface area contributed by atoms with E-state index in [0.717, 1.165) is 6.54 Å². The van der Waals surface area contributed by atoms with Crippen molar-refractivity contribution in [2.75, 3.05) is 23.7 Å². The molecular weight excluding hydrogens is 424 g/mol. The van der Waals surface area contributed by atoms with Gasteiger partial charge in [0.2, 0.25) is 5.91 Å². The molecule has 0 radical (unpaired) electrons. The zero-order valence-electron chi connectivity index (χ0n) is 16.8. The van der Waals surface area contributed by atoms with Crippen molar-refractivity contribution >= 4 is 39.1 Å². The van der Waals surface area contributed by atoms with E-state index in [1.54, 1.807) is 42.1 Å². The van der Waals surface area contributed by atoms with Gasteiger partial charge in [0.1, 0.15) is 5.75 Å². The van der Waals surface area contributed by atoms with E-state index in [1.807, 2.05) is 0 Å². The first-order valence-corrected chi connectivity index (χ1v) is 11.9. The Morgan fingerprint density at radius 1 is 1.30 bits per heavy atom. The average Bonchev–Trinajstić information content (AvgIpc) is 3.12. The number of sulfonamides is 1. The molecule has 5 N–H and O–H groups in total. The summed E-state index contributed by atoms with van der Waals surface area (Å²) in [6.07, 6.45) is 0.380. The largest absolute Gasteiger partial charge is 0.497 e. The van der Waals surface area contributed by atoms with Crippen molar-refractivity contribution in [1.82, 2.24) is 5.32 Å². The number of carbonyl (C=O) groups is 1. The molecule has 1 fully saturated rings. The smallest absolute Gasteiger partial charge is 0.262 e. The van der Waals surface area contributed by atoms with Gasteiger partial charge in [0.25, 0.3) is 10.0 Å². The number of methoxy groups -OCH3 is 1. The van der Waals surface area contributed by atoms with Crippen LogP contribution in [-0.4, -0.2) is 38.6 Å². The maximum atomic E-state index is 12.8. The second-order valence-electron chi connectivity index (χ2n) is 6.92. The van der Waals surface area contributed by atoms with E-state index in [0.29, 0.717) is 34.5 Å². The predicted octanol–water partition coefficient (Wildman–Crippen LogP) is 2.33. The first-order valence-electron chi connectivity index (χ1n) is 9.49. The summed E-state index contributed by atoms with van der Waals surface area (Å²) in [4.78, 5) is 12.5. The molecule has 0 saturated carbocycles. The van der Waals surface area contributed by atoms with Crippen LogP contribution in [-0.2, 0) is 21.4 Å². The number of ether oxygens (including phenoxy) is 1. The molecule has 162 valence electrons. The Hall–Kier alpha value is -2.27. The molecule has 0 aliphatic carbocycles. The SMILES string of the molecule is COc1cccc(S(=O)(=O)Nc2cc(NC(=O)CC3CNC(C)S3)ccc2CN)c1. The fraction of sp³-hybridized carbons (Fsp3) is 0.350. The number of nitrogens with two attached hydrogens (primary N) is 1. The highest BCUT2D eigenvalue weighted by molar-refractivity contribution is 8.00. The lowest BCUT2D eigenvalue weighted by Gasteiger charge is -2.15. The molecule has 1 saturated heterocycles. The zero-order chi connectivity index (χ0) is 21.7. The highest BCUT2D eigenvalue weighted by atomic mass is 32.2. The molecule has 2 atom stereocenters. The molecule has 1 aliphatic heterocycles. The van der Waals surface area contributed by atoms with Gasteiger partial charge >= 0.3 is 0 Å². The summed E-state index contributed by atoms with van der Waals surface area (Å²) in [5, 5.41) is 6.69. The van der Waals surface area contributed by atoms with Crippen molar-refractivity contribution in [2.45, 2.75) is 35.4 Å². The van der Waals surface area contributed by atoms with Crippen LogP contribution >= 0.6 is 11.8 Å². The molecule has 0 spiro atoms. The van der Waals surface area contributed by atoms with Crippen LogP contribution < -0.4 is 25.8 Å². The van der Waals surface area contributed by atoms with Crippen molar-refractivity contribution < 1.29 is 17.9 Å². The third kappa shape index (κ3) is 5.66. The van der Waals surface area contributed by atoms with E-state index >= 15 is 0 Å². The summed E-state index contributed by atoms with van der Waals surface area (Å²) in [6, 6.07) is 11.2. The second kappa shape index (κ2) is 9.69. The van der Waals surface area contributed by atoms with Gasteiger partial charge in [-0.05, 0) is 36.8 Å². The minimum absolute atomic E-state index is 0.0686. The van der Waals surface area contributed by atoms with Crippen molar-refractivity contribution in [3.05, 3.63) is 48.0 Å². The quantitative estimate of drug-likeness (QED) is 0.487. The predicted molar refractivity (Wildman–Crippen MR) is 120 cm³/mol. The summed E-state index contributed by atoms with van der Waals surface area (Å²) >= 11 is 1.73. The third-order valence-corrected chi connectivity index (χ3v) is 7.31. The van der Waals surface area contributed by atoms with E-state index in [2.05, 4.69) is 22.3 Å². The van der Waals surface area contributed by atoms with Crippen LogP contribution in [0.5, 0.6) is 5.75 Å². The Kier molecular flexibility index (Phi) is 7.24. The van der Waals surface area contributed by atoms with Crippen LogP contribution in [0.25, 0.3) is 0 Å². The van der Waals surface area contributed by atoms with Gasteiger partial charge in [0, 0.05) is 36.5 Å². The lowest BCUT2D eigenvalue weighted by atomic mass is 10.1. The molecule has 1 amide bonds. The van der Waals surface area contributed by atoms with Crippen LogP contribution in [0.3, 0.4) is 0 Å². The van der Waals surface area contributed by atoms with E-state index in [1.165, 1.54) is 19.2 Å². The van der Waals surface area contributed by atoms with E-state index in [4.69, 9.17) is 10.5 Å². The summed E-state index contributed by atoms with van der Waals surface area (Å²) < 4.78 is 33.3. The summed E-state index contributed by atoms with van der Waals surface area (Å²) in [5.74, 6) is 0.317. The second-order valence-corrected chi connectivity index (χ2v) is 10.2. The van der Waals surface area contributed by atoms with Gasteiger partial charge in [0.15, 0.2) is 0 Å². The molecule has 1 heterocycles. The van der Waals surface area contributed by atoms with Crippen molar-refractivity contribution in [1.29, 1.82) is 0 Å². The lowest BCUT2D eigenvalue weighted by molar-refractivity contribution is -0.116. The number of carbonyl (C=O) groups excluding carboxylic acids is 1. The molecule has 30 heavy (non-hydrogen) atoms. The number of anilines is 2. The first kappa shape index (κ1) is 22.4. The van der Waals surface area contributed by atoms with Crippen LogP contribution in [0.15, 0.2) is 47.4 Å². The highest BCUT2D eigenvalue weighted by Crippen LogP contribution is 2.27. The van der Waals surface area contributed by atoms with Crippen LogP contribution in [0, 0.1) is 0 Å². The van der Waals surface area contributed by atoms with Crippen molar-refractivity contribution in [3.8, 4) is 5.75 Å². The van der Waals surface area contributed by atoms with Gasteiger partial charge in [-0.1, -0.05) is 12.1 Å². The number of rotatable bonds is 8. The number of hydrogen-bond acceptors (Lipinski definition) is 7.